The Bertz CT molecular complexity index is 815. The van der Waals surface area contributed by atoms with E-state index < -0.39 is 0 Å². The highest BCUT2D eigenvalue weighted by Gasteiger charge is 2.31. The molecule has 24 heavy (non-hydrogen) atoms. The molecular formula is C19H20N4O. The minimum Gasteiger partial charge on any atom is -0.497 e. The Morgan fingerprint density at radius 2 is 2.17 bits per heavy atom. The summed E-state index contributed by atoms with van der Waals surface area (Å²) in [6.45, 7) is 1.77. The van der Waals surface area contributed by atoms with Crippen LogP contribution in [0.4, 0.5) is 0 Å². The van der Waals surface area contributed by atoms with Crippen LogP contribution in [0.5, 0.6) is 5.75 Å². The summed E-state index contributed by atoms with van der Waals surface area (Å²) in [7, 11) is 1.70. The van der Waals surface area contributed by atoms with Crippen LogP contribution >= 0.6 is 0 Å². The van der Waals surface area contributed by atoms with Gasteiger partial charge in [0.25, 0.3) is 0 Å². The van der Waals surface area contributed by atoms with Crippen molar-refractivity contribution in [1.82, 2.24) is 19.9 Å². The van der Waals surface area contributed by atoms with E-state index in [-0.39, 0.29) is 6.04 Å². The van der Waals surface area contributed by atoms with Crippen LogP contribution in [0.3, 0.4) is 0 Å². The maximum absolute atomic E-state index is 5.41. The first-order valence-corrected chi connectivity index (χ1v) is 8.15. The van der Waals surface area contributed by atoms with Gasteiger partial charge in [0, 0.05) is 31.4 Å². The predicted octanol–water partition coefficient (Wildman–Crippen LogP) is 2.96. The SMILES string of the molecule is COc1cccc([C@H]2c3nc[nH]c3CCN2Cc2ccccn2)c1. The van der Waals surface area contributed by atoms with Crippen LogP contribution in [0.1, 0.15) is 28.7 Å². The molecule has 0 aliphatic carbocycles. The van der Waals surface area contributed by atoms with Crippen LogP contribution in [0.15, 0.2) is 55.0 Å². The van der Waals surface area contributed by atoms with Crippen molar-refractivity contribution >= 4 is 0 Å². The maximum Gasteiger partial charge on any atom is 0.119 e. The van der Waals surface area contributed by atoms with Crippen LogP contribution in [-0.2, 0) is 13.0 Å². The molecular weight excluding hydrogens is 300 g/mol. The number of nitrogens with zero attached hydrogens (tertiary/aromatic N) is 3. The van der Waals surface area contributed by atoms with E-state index in [1.807, 2.05) is 30.5 Å². The van der Waals surface area contributed by atoms with Gasteiger partial charge in [-0.1, -0.05) is 18.2 Å². The zero-order chi connectivity index (χ0) is 16.4. The van der Waals surface area contributed by atoms with E-state index in [0.29, 0.717) is 0 Å². The number of aromatic nitrogens is 3. The number of nitrogens with one attached hydrogen (secondary N) is 1. The monoisotopic (exact) mass is 320 g/mol. The standard InChI is InChI=1S/C19H20N4O/c1-24-16-7-4-5-14(11-16)19-18-17(21-13-22-18)8-10-23(19)12-15-6-2-3-9-20-15/h2-7,9,11,13,19H,8,10,12H2,1H3,(H,21,22)/t19-/m0/s1. The van der Waals surface area contributed by atoms with Crippen molar-refractivity contribution in [3.8, 4) is 5.75 Å². The average molecular weight is 320 g/mol. The van der Waals surface area contributed by atoms with Crippen LogP contribution in [0.2, 0.25) is 0 Å². The molecule has 0 unspecified atom stereocenters. The van der Waals surface area contributed by atoms with Crippen LogP contribution in [0, 0.1) is 0 Å². The van der Waals surface area contributed by atoms with Crippen molar-refractivity contribution in [2.45, 2.75) is 19.0 Å². The van der Waals surface area contributed by atoms with Gasteiger partial charge in [0.15, 0.2) is 0 Å². The number of fused-ring (bicyclic) bond motifs is 1. The van der Waals surface area contributed by atoms with E-state index in [1.165, 1.54) is 11.3 Å². The first kappa shape index (κ1) is 14.9. The van der Waals surface area contributed by atoms with Crippen LogP contribution in [-0.4, -0.2) is 33.5 Å². The molecule has 3 aromatic rings. The van der Waals surface area contributed by atoms with Crippen molar-refractivity contribution < 1.29 is 4.74 Å². The number of methoxy groups -OCH3 is 1. The van der Waals surface area contributed by atoms with E-state index in [9.17, 15) is 0 Å². The number of H-pyrrole nitrogens is 1. The summed E-state index contributed by atoms with van der Waals surface area (Å²) in [5.74, 6) is 0.868. The Morgan fingerprint density at radius 1 is 1.21 bits per heavy atom. The molecule has 0 saturated carbocycles. The second-order valence-corrected chi connectivity index (χ2v) is 5.99. The molecule has 5 nitrogen and oxygen atoms in total. The van der Waals surface area contributed by atoms with Crippen molar-refractivity contribution in [2.24, 2.45) is 0 Å². The molecule has 3 heterocycles. The van der Waals surface area contributed by atoms with Gasteiger partial charge in [-0.25, -0.2) is 4.98 Å². The third-order valence-corrected chi connectivity index (χ3v) is 4.53. The minimum atomic E-state index is 0.108. The maximum atomic E-state index is 5.41. The fourth-order valence-electron chi connectivity index (χ4n) is 3.38. The molecule has 0 bridgehead atoms. The van der Waals surface area contributed by atoms with Gasteiger partial charge in [0.1, 0.15) is 5.75 Å². The Balaban J connectivity index is 1.72. The molecule has 0 radical (unpaired) electrons. The zero-order valence-corrected chi connectivity index (χ0v) is 13.6. The first-order valence-electron chi connectivity index (χ1n) is 8.15. The highest BCUT2D eigenvalue weighted by Crippen LogP contribution is 2.35. The molecule has 2 aromatic heterocycles. The number of imidazole rings is 1. The molecule has 1 N–H and O–H groups in total. The summed E-state index contributed by atoms with van der Waals surface area (Å²) >= 11 is 0. The zero-order valence-electron chi connectivity index (χ0n) is 13.6. The van der Waals surface area contributed by atoms with Gasteiger partial charge in [-0.05, 0) is 29.8 Å². The van der Waals surface area contributed by atoms with E-state index in [1.54, 1.807) is 13.4 Å². The lowest BCUT2D eigenvalue weighted by Crippen LogP contribution is -2.36. The van der Waals surface area contributed by atoms with Gasteiger partial charge >= 0.3 is 0 Å². The van der Waals surface area contributed by atoms with E-state index in [2.05, 4.69) is 38.1 Å². The van der Waals surface area contributed by atoms with Gasteiger partial charge in [0.05, 0.1) is 30.9 Å². The second-order valence-electron chi connectivity index (χ2n) is 5.99. The first-order chi connectivity index (χ1) is 11.8. The molecule has 5 heteroatoms. The van der Waals surface area contributed by atoms with Crippen molar-refractivity contribution in [3.63, 3.8) is 0 Å². The van der Waals surface area contributed by atoms with Crippen LogP contribution in [0.25, 0.3) is 0 Å². The number of aromatic amines is 1. The van der Waals surface area contributed by atoms with Gasteiger partial charge in [-0.3, -0.25) is 9.88 Å². The molecule has 122 valence electrons. The van der Waals surface area contributed by atoms with Crippen LogP contribution < -0.4 is 4.74 Å². The topological polar surface area (TPSA) is 54.0 Å². The molecule has 4 rings (SSSR count). The second kappa shape index (κ2) is 6.45. The summed E-state index contributed by atoms with van der Waals surface area (Å²) in [6.07, 6.45) is 4.62. The molecule has 0 amide bonds. The normalized spacial score (nSPS) is 17.5. The summed E-state index contributed by atoms with van der Waals surface area (Å²) in [5.41, 5.74) is 4.59. The van der Waals surface area contributed by atoms with Gasteiger partial charge in [0.2, 0.25) is 0 Å². The Hall–Kier alpha value is -2.66. The molecule has 0 fully saturated rings. The lowest BCUT2D eigenvalue weighted by molar-refractivity contribution is 0.197. The third-order valence-electron chi connectivity index (χ3n) is 4.53. The van der Waals surface area contributed by atoms with E-state index >= 15 is 0 Å². The lowest BCUT2D eigenvalue weighted by atomic mass is 9.95. The fraction of sp³-hybridized carbons (Fsp3) is 0.263. The molecule has 0 saturated heterocycles. The summed E-state index contributed by atoms with van der Waals surface area (Å²) in [5, 5.41) is 0. The smallest absolute Gasteiger partial charge is 0.119 e. The predicted molar refractivity (Wildman–Crippen MR) is 91.8 cm³/mol. The molecule has 0 spiro atoms. The van der Waals surface area contributed by atoms with Crippen molar-refractivity contribution in [3.05, 3.63) is 77.6 Å². The van der Waals surface area contributed by atoms with E-state index in [0.717, 1.165) is 36.6 Å². The number of rotatable bonds is 4. The number of pyridine rings is 1. The largest absolute Gasteiger partial charge is 0.497 e. The summed E-state index contributed by atoms with van der Waals surface area (Å²) < 4.78 is 5.41. The highest BCUT2D eigenvalue weighted by atomic mass is 16.5. The highest BCUT2D eigenvalue weighted by molar-refractivity contribution is 5.37. The van der Waals surface area contributed by atoms with Crippen molar-refractivity contribution in [2.75, 3.05) is 13.7 Å². The Kier molecular flexibility index (Phi) is 4.01. The Morgan fingerprint density at radius 3 is 3.00 bits per heavy atom. The molecule has 1 atom stereocenters. The van der Waals surface area contributed by atoms with Gasteiger partial charge in [-0.15, -0.1) is 0 Å². The average Bonchev–Trinajstić information content (AvgIpc) is 3.11. The van der Waals surface area contributed by atoms with E-state index in [4.69, 9.17) is 4.74 Å². The summed E-state index contributed by atoms with van der Waals surface area (Å²) in [6, 6.07) is 14.4. The number of hydrogen-bond donors (Lipinski definition) is 1. The molecule has 1 aliphatic heterocycles. The van der Waals surface area contributed by atoms with Crippen molar-refractivity contribution in [1.29, 1.82) is 0 Å². The quantitative estimate of drug-likeness (QED) is 0.803. The molecule has 1 aromatic carbocycles. The number of hydrogen-bond acceptors (Lipinski definition) is 4. The fourth-order valence-corrected chi connectivity index (χ4v) is 3.38. The number of benzene rings is 1. The van der Waals surface area contributed by atoms with Gasteiger partial charge < -0.3 is 9.72 Å². The minimum absolute atomic E-state index is 0.108. The Labute approximate surface area is 141 Å². The number of ether oxygens (including phenoxy) is 1. The molecule has 1 aliphatic rings. The summed E-state index contributed by atoms with van der Waals surface area (Å²) in [4.78, 5) is 14.8. The lowest BCUT2D eigenvalue weighted by Gasteiger charge is -2.35. The third kappa shape index (κ3) is 2.78. The van der Waals surface area contributed by atoms with Gasteiger partial charge in [-0.2, -0.15) is 0 Å².